The summed E-state index contributed by atoms with van der Waals surface area (Å²) < 4.78 is 17.0. The fraction of sp³-hybridized carbons (Fsp3) is 0.803. The van der Waals surface area contributed by atoms with Crippen LogP contribution in [-0.4, -0.2) is 37.2 Å². The lowest BCUT2D eigenvalue weighted by molar-refractivity contribution is -0.167. The van der Waals surface area contributed by atoms with Crippen LogP contribution in [0.25, 0.3) is 0 Å². The summed E-state index contributed by atoms with van der Waals surface area (Å²) in [5.74, 6) is -0.844. The smallest absolute Gasteiger partial charge is 0.306 e. The summed E-state index contributed by atoms with van der Waals surface area (Å²) >= 11 is 0. The third-order valence-corrected chi connectivity index (χ3v) is 16.0. The molecule has 0 fully saturated rings. The maximum absolute atomic E-state index is 13.0. The molecule has 6 nitrogen and oxygen atoms in total. The Kier molecular flexibility index (Phi) is 67.6. The van der Waals surface area contributed by atoms with E-state index in [0.29, 0.717) is 19.3 Å². The first-order chi connectivity index (χ1) is 40.5. The van der Waals surface area contributed by atoms with Gasteiger partial charge in [-0.05, 0) is 70.6 Å². The van der Waals surface area contributed by atoms with Gasteiger partial charge in [-0.25, -0.2) is 0 Å². The zero-order chi connectivity index (χ0) is 59.2. The molecule has 0 aromatic rings. The molecular weight excluding hydrogens is 1010 g/mol. The van der Waals surface area contributed by atoms with Crippen LogP contribution in [0.2, 0.25) is 0 Å². The number of rotatable bonds is 66. The number of unbranched alkanes of at least 4 members (excludes halogenated alkanes) is 43. The second-order valence-corrected chi connectivity index (χ2v) is 24.1. The average Bonchev–Trinajstić information content (AvgIpc) is 3.47. The highest BCUT2D eigenvalue weighted by atomic mass is 16.6. The summed E-state index contributed by atoms with van der Waals surface area (Å²) in [4.78, 5) is 38.4. The van der Waals surface area contributed by atoms with E-state index < -0.39 is 6.10 Å². The van der Waals surface area contributed by atoms with Crippen LogP contribution >= 0.6 is 0 Å². The number of hydrogen-bond acceptors (Lipinski definition) is 6. The lowest BCUT2D eigenvalue weighted by Crippen LogP contribution is -2.30. The maximum Gasteiger partial charge on any atom is 0.306 e. The minimum atomic E-state index is -0.773. The molecule has 0 spiro atoms. The molecule has 0 aromatic heterocycles. The summed E-state index contributed by atoms with van der Waals surface area (Å²) in [5.41, 5.74) is 0. The molecule has 1 atom stereocenters. The maximum atomic E-state index is 13.0. The lowest BCUT2D eigenvalue weighted by Gasteiger charge is -2.18. The quantitative estimate of drug-likeness (QED) is 0.0261. The molecule has 6 heteroatoms. The van der Waals surface area contributed by atoms with E-state index in [0.717, 1.165) is 96.3 Å². The minimum Gasteiger partial charge on any atom is -0.462 e. The molecule has 0 aliphatic heterocycles. The molecule has 0 saturated carbocycles. The van der Waals surface area contributed by atoms with Crippen molar-refractivity contribution in [1.29, 1.82) is 0 Å². The first kappa shape index (κ1) is 78.8. The van der Waals surface area contributed by atoms with Crippen molar-refractivity contribution in [2.75, 3.05) is 13.2 Å². The second-order valence-electron chi connectivity index (χ2n) is 24.1. The van der Waals surface area contributed by atoms with Gasteiger partial charge in [0.05, 0.1) is 0 Å². The van der Waals surface area contributed by atoms with Crippen molar-refractivity contribution in [3.63, 3.8) is 0 Å². The van der Waals surface area contributed by atoms with Crippen molar-refractivity contribution in [3.05, 3.63) is 72.9 Å². The second kappa shape index (κ2) is 70.3. The zero-order valence-electron chi connectivity index (χ0n) is 54.8. The standard InChI is InChI=1S/C76H136O6/c1-4-7-10-13-16-19-22-25-28-30-32-33-34-35-36-37-38-39-40-41-42-43-45-46-48-51-54-57-60-63-66-69-75(78)81-72-73(71-80-74(77)68-65-62-59-56-53-50-27-24-21-18-15-12-9-6-3)82-76(79)70-67-64-61-58-55-52-49-47-44-31-29-26-23-20-17-14-11-8-5-2/h7,10,16,19,25,28,32-33,35-36,38-39,73H,4-6,8-9,11-15,17-18,20-24,26-27,29-31,34,37,40-72H2,1-3H3/b10-7-,19-16-,28-25-,33-32-,36-35-,39-38-. The minimum absolute atomic E-state index is 0.0687. The fourth-order valence-corrected chi connectivity index (χ4v) is 10.6. The molecule has 0 aliphatic rings. The van der Waals surface area contributed by atoms with Crippen molar-refractivity contribution in [2.45, 2.75) is 380 Å². The van der Waals surface area contributed by atoms with Crippen LogP contribution in [0.3, 0.4) is 0 Å². The molecule has 0 aliphatic carbocycles. The predicted molar refractivity (Wildman–Crippen MR) is 358 cm³/mol. The van der Waals surface area contributed by atoms with Crippen LogP contribution < -0.4 is 0 Å². The van der Waals surface area contributed by atoms with Gasteiger partial charge in [-0.2, -0.15) is 0 Å². The fourth-order valence-electron chi connectivity index (χ4n) is 10.6. The van der Waals surface area contributed by atoms with E-state index in [1.165, 1.54) is 238 Å². The SMILES string of the molecule is CC/C=C\C/C=C\C/C=C\C/C=C\C/C=C\C/C=C\CCCCCCCCCCCCCCC(=O)OCC(COC(=O)CCCCCCCCCCCCCCCC)OC(=O)CCCCCCCCCCCCCCCCCCCCC. The highest BCUT2D eigenvalue weighted by Gasteiger charge is 2.19. The molecule has 0 saturated heterocycles. The van der Waals surface area contributed by atoms with Crippen LogP contribution in [-0.2, 0) is 28.6 Å². The molecule has 0 heterocycles. The molecule has 0 N–H and O–H groups in total. The lowest BCUT2D eigenvalue weighted by atomic mass is 10.0. The first-order valence-corrected chi connectivity index (χ1v) is 35.9. The third kappa shape index (κ3) is 67.6. The molecule has 0 bridgehead atoms. The van der Waals surface area contributed by atoms with Crippen molar-refractivity contribution in [1.82, 2.24) is 0 Å². The Hall–Kier alpha value is -3.15. The van der Waals surface area contributed by atoms with Gasteiger partial charge in [0, 0.05) is 19.3 Å². The Labute approximate surface area is 510 Å². The van der Waals surface area contributed by atoms with E-state index in [1.807, 2.05) is 0 Å². The van der Waals surface area contributed by atoms with Crippen molar-refractivity contribution in [3.8, 4) is 0 Å². The van der Waals surface area contributed by atoms with Gasteiger partial charge in [0.15, 0.2) is 6.10 Å². The molecular formula is C76H136O6. The first-order valence-electron chi connectivity index (χ1n) is 35.9. The van der Waals surface area contributed by atoms with Gasteiger partial charge in [-0.3, -0.25) is 14.4 Å². The number of esters is 3. The van der Waals surface area contributed by atoms with Crippen LogP contribution in [0.15, 0.2) is 72.9 Å². The number of carbonyl (C=O) groups is 3. The van der Waals surface area contributed by atoms with E-state index in [2.05, 4.69) is 93.7 Å². The largest absolute Gasteiger partial charge is 0.462 e. The van der Waals surface area contributed by atoms with E-state index in [-0.39, 0.29) is 31.1 Å². The van der Waals surface area contributed by atoms with Gasteiger partial charge in [0.1, 0.15) is 13.2 Å². The zero-order valence-corrected chi connectivity index (χ0v) is 54.8. The van der Waals surface area contributed by atoms with Crippen LogP contribution in [0.5, 0.6) is 0 Å². The summed E-state index contributed by atoms with van der Waals surface area (Å²) in [6, 6.07) is 0. The Morgan fingerprint density at radius 2 is 0.476 bits per heavy atom. The highest BCUT2D eigenvalue weighted by Crippen LogP contribution is 2.18. The van der Waals surface area contributed by atoms with Gasteiger partial charge >= 0.3 is 17.9 Å². The van der Waals surface area contributed by atoms with Crippen molar-refractivity contribution < 1.29 is 28.6 Å². The molecule has 476 valence electrons. The Morgan fingerprint density at radius 3 is 0.744 bits per heavy atom. The van der Waals surface area contributed by atoms with Crippen molar-refractivity contribution in [2.24, 2.45) is 0 Å². The van der Waals surface area contributed by atoms with Gasteiger partial charge < -0.3 is 14.2 Å². The van der Waals surface area contributed by atoms with Gasteiger partial charge in [-0.1, -0.05) is 357 Å². The van der Waals surface area contributed by atoms with E-state index >= 15 is 0 Å². The number of allylic oxidation sites excluding steroid dienone is 12. The van der Waals surface area contributed by atoms with E-state index in [1.54, 1.807) is 0 Å². The summed E-state index contributed by atoms with van der Waals surface area (Å²) in [6.07, 6.45) is 92.1. The monoisotopic (exact) mass is 1150 g/mol. The summed E-state index contributed by atoms with van der Waals surface area (Å²) in [7, 11) is 0. The molecule has 0 amide bonds. The number of carbonyl (C=O) groups excluding carboxylic acids is 3. The van der Waals surface area contributed by atoms with Crippen LogP contribution in [0, 0.1) is 0 Å². The molecule has 0 aromatic carbocycles. The molecule has 1 unspecified atom stereocenters. The predicted octanol–water partition coefficient (Wildman–Crippen LogP) is 24.8. The topological polar surface area (TPSA) is 78.9 Å². The molecule has 0 radical (unpaired) electrons. The highest BCUT2D eigenvalue weighted by molar-refractivity contribution is 5.71. The van der Waals surface area contributed by atoms with Gasteiger partial charge in [-0.15, -0.1) is 0 Å². The summed E-state index contributed by atoms with van der Waals surface area (Å²) in [6.45, 7) is 6.59. The van der Waals surface area contributed by atoms with Crippen LogP contribution in [0.1, 0.15) is 374 Å². The van der Waals surface area contributed by atoms with Gasteiger partial charge in [0.25, 0.3) is 0 Å². The van der Waals surface area contributed by atoms with E-state index in [4.69, 9.17) is 14.2 Å². The van der Waals surface area contributed by atoms with Gasteiger partial charge in [0.2, 0.25) is 0 Å². The van der Waals surface area contributed by atoms with Crippen molar-refractivity contribution >= 4 is 17.9 Å². The molecule has 82 heavy (non-hydrogen) atoms. The Bertz CT molecular complexity index is 1500. The average molecular weight is 1150 g/mol. The van der Waals surface area contributed by atoms with E-state index in [9.17, 15) is 14.4 Å². The molecule has 0 rings (SSSR count). The Morgan fingerprint density at radius 1 is 0.256 bits per heavy atom. The number of ether oxygens (including phenoxy) is 3. The summed E-state index contributed by atoms with van der Waals surface area (Å²) in [5, 5.41) is 0. The number of hydrogen-bond donors (Lipinski definition) is 0. The van der Waals surface area contributed by atoms with Crippen LogP contribution in [0.4, 0.5) is 0 Å². The Balaban J connectivity index is 4.23. The third-order valence-electron chi connectivity index (χ3n) is 16.0. The normalized spacial score (nSPS) is 12.5.